The quantitative estimate of drug-likeness (QED) is 0.601. The van der Waals surface area contributed by atoms with Gasteiger partial charge in [-0.1, -0.05) is 26.0 Å². The first-order valence-electron chi connectivity index (χ1n) is 5.35. The summed E-state index contributed by atoms with van der Waals surface area (Å²) >= 11 is 0. The Morgan fingerprint density at radius 1 is 1.38 bits per heavy atom. The molecule has 3 N–H and O–H groups in total. The molecular weight excluding hydrogens is 208 g/mol. The Bertz CT molecular complexity index is 262. The van der Waals surface area contributed by atoms with Gasteiger partial charge in [0.05, 0.1) is 0 Å². The molecule has 16 heavy (non-hydrogen) atoms. The van der Waals surface area contributed by atoms with E-state index in [1.807, 2.05) is 26.8 Å². The molecule has 0 aliphatic carbocycles. The van der Waals surface area contributed by atoms with E-state index in [-0.39, 0.29) is 5.92 Å². The first-order chi connectivity index (χ1) is 7.47. The minimum atomic E-state index is -1.00. The van der Waals surface area contributed by atoms with Gasteiger partial charge in [-0.3, -0.25) is 0 Å². The van der Waals surface area contributed by atoms with Gasteiger partial charge in [0.25, 0.3) is 0 Å². The lowest BCUT2D eigenvalue weighted by Gasteiger charge is -2.16. The molecule has 1 atom stereocenters. The minimum absolute atomic E-state index is 0.219. The highest BCUT2D eigenvalue weighted by molar-refractivity contribution is 5.82. The molecular formula is C11H20N2O3. The van der Waals surface area contributed by atoms with E-state index in [1.165, 1.54) is 0 Å². The van der Waals surface area contributed by atoms with Crippen LogP contribution in [0.2, 0.25) is 0 Å². The van der Waals surface area contributed by atoms with Gasteiger partial charge in [0.15, 0.2) is 0 Å². The van der Waals surface area contributed by atoms with E-state index in [9.17, 15) is 9.59 Å². The third-order valence-corrected chi connectivity index (χ3v) is 1.93. The van der Waals surface area contributed by atoms with E-state index in [1.54, 1.807) is 6.08 Å². The molecule has 1 unspecified atom stereocenters. The van der Waals surface area contributed by atoms with Crippen LogP contribution in [0.25, 0.3) is 0 Å². The summed E-state index contributed by atoms with van der Waals surface area (Å²) in [4.78, 5) is 22.1. The fraction of sp³-hybridized carbons (Fsp3) is 0.636. The van der Waals surface area contributed by atoms with E-state index in [0.717, 1.165) is 0 Å². The van der Waals surface area contributed by atoms with Crippen molar-refractivity contribution < 1.29 is 14.7 Å². The molecule has 0 spiro atoms. The van der Waals surface area contributed by atoms with Crippen LogP contribution >= 0.6 is 0 Å². The number of aliphatic carboxylic acids is 1. The van der Waals surface area contributed by atoms with Crippen molar-refractivity contribution in [2.24, 2.45) is 5.92 Å². The van der Waals surface area contributed by atoms with Crippen molar-refractivity contribution in [1.29, 1.82) is 0 Å². The maximum atomic E-state index is 11.3. The number of nitrogens with one attached hydrogen (secondary N) is 2. The van der Waals surface area contributed by atoms with Crippen LogP contribution in [0.5, 0.6) is 0 Å². The highest BCUT2D eigenvalue weighted by Crippen LogP contribution is 2.04. The monoisotopic (exact) mass is 228 g/mol. The molecule has 0 aromatic carbocycles. The lowest BCUT2D eigenvalue weighted by atomic mass is 10.0. The molecule has 0 bridgehead atoms. The standard InChI is InChI=1S/C11H20N2O3/c1-4-5-6-12-11(16)13-9(10(14)15)7-8(2)3/h4-5,8-9H,6-7H2,1-3H3,(H,14,15)(H2,12,13,16)/b5-4+. The molecule has 0 radical (unpaired) electrons. The summed E-state index contributed by atoms with van der Waals surface area (Å²) in [5.74, 6) is -0.785. The summed E-state index contributed by atoms with van der Waals surface area (Å²) in [7, 11) is 0. The van der Waals surface area contributed by atoms with Gasteiger partial charge in [0.1, 0.15) is 6.04 Å². The normalized spacial score (nSPS) is 12.8. The van der Waals surface area contributed by atoms with Crippen molar-refractivity contribution in [2.45, 2.75) is 33.2 Å². The largest absolute Gasteiger partial charge is 0.480 e. The minimum Gasteiger partial charge on any atom is -0.480 e. The molecule has 0 fully saturated rings. The molecule has 0 heterocycles. The molecule has 0 saturated carbocycles. The molecule has 0 aliphatic rings. The smallest absolute Gasteiger partial charge is 0.326 e. The Kier molecular flexibility index (Phi) is 7.00. The second kappa shape index (κ2) is 7.73. The topological polar surface area (TPSA) is 78.4 Å². The highest BCUT2D eigenvalue weighted by Gasteiger charge is 2.20. The Morgan fingerprint density at radius 3 is 2.44 bits per heavy atom. The molecule has 2 amide bonds. The van der Waals surface area contributed by atoms with E-state index >= 15 is 0 Å². The van der Waals surface area contributed by atoms with Crippen molar-refractivity contribution in [1.82, 2.24) is 10.6 Å². The van der Waals surface area contributed by atoms with Crippen molar-refractivity contribution in [3.05, 3.63) is 12.2 Å². The molecule has 0 aliphatic heterocycles. The number of carboxylic acids is 1. The Hall–Kier alpha value is -1.52. The van der Waals surface area contributed by atoms with E-state index in [2.05, 4.69) is 10.6 Å². The fourth-order valence-electron chi connectivity index (χ4n) is 1.17. The number of rotatable bonds is 6. The number of allylic oxidation sites excluding steroid dienone is 1. The van der Waals surface area contributed by atoms with Gasteiger partial charge in [-0.15, -0.1) is 0 Å². The SMILES string of the molecule is C/C=C/CNC(=O)NC(CC(C)C)C(=O)O. The number of hydrogen-bond acceptors (Lipinski definition) is 2. The number of carbonyl (C=O) groups excluding carboxylic acids is 1. The lowest BCUT2D eigenvalue weighted by molar-refractivity contribution is -0.139. The number of carboxylic acid groups (broad SMARTS) is 1. The molecule has 92 valence electrons. The zero-order valence-electron chi connectivity index (χ0n) is 9.99. The summed E-state index contributed by atoms with van der Waals surface area (Å²) in [6.07, 6.45) is 4.01. The number of carbonyl (C=O) groups is 2. The zero-order valence-corrected chi connectivity index (χ0v) is 9.99. The van der Waals surface area contributed by atoms with Gasteiger partial charge in [0.2, 0.25) is 0 Å². The van der Waals surface area contributed by atoms with Crippen LogP contribution in [0, 0.1) is 5.92 Å². The van der Waals surface area contributed by atoms with Crippen molar-refractivity contribution in [3.63, 3.8) is 0 Å². The zero-order chi connectivity index (χ0) is 12.6. The predicted molar refractivity (Wildman–Crippen MR) is 62.2 cm³/mol. The van der Waals surface area contributed by atoms with Crippen LogP contribution in [0.3, 0.4) is 0 Å². The second-order valence-electron chi connectivity index (χ2n) is 3.94. The first kappa shape index (κ1) is 14.5. The maximum absolute atomic E-state index is 11.3. The second-order valence-corrected chi connectivity index (χ2v) is 3.94. The number of amides is 2. The highest BCUT2D eigenvalue weighted by atomic mass is 16.4. The van der Waals surface area contributed by atoms with Gasteiger partial charge in [0, 0.05) is 6.54 Å². The summed E-state index contributed by atoms with van der Waals surface area (Å²) in [5.41, 5.74) is 0. The fourth-order valence-corrected chi connectivity index (χ4v) is 1.17. The number of urea groups is 1. The van der Waals surface area contributed by atoms with Gasteiger partial charge in [-0.2, -0.15) is 0 Å². The van der Waals surface area contributed by atoms with Crippen molar-refractivity contribution >= 4 is 12.0 Å². The van der Waals surface area contributed by atoms with Crippen LogP contribution in [0.1, 0.15) is 27.2 Å². The Labute approximate surface area is 95.9 Å². The van der Waals surface area contributed by atoms with Crippen LogP contribution in [-0.4, -0.2) is 29.7 Å². The van der Waals surface area contributed by atoms with E-state index in [4.69, 9.17) is 5.11 Å². The van der Waals surface area contributed by atoms with Gasteiger partial charge in [-0.25, -0.2) is 9.59 Å². The van der Waals surface area contributed by atoms with Crippen LogP contribution in [-0.2, 0) is 4.79 Å². The molecule has 0 rings (SSSR count). The average Bonchev–Trinajstić information content (AvgIpc) is 2.16. The summed E-state index contributed by atoms with van der Waals surface area (Å²) < 4.78 is 0. The van der Waals surface area contributed by atoms with Gasteiger partial charge in [-0.05, 0) is 19.3 Å². The van der Waals surface area contributed by atoms with E-state index in [0.29, 0.717) is 13.0 Å². The number of hydrogen-bond donors (Lipinski definition) is 3. The molecule has 0 aromatic heterocycles. The molecule has 0 aromatic rings. The lowest BCUT2D eigenvalue weighted by Crippen LogP contribution is -2.46. The molecule has 5 nitrogen and oxygen atoms in total. The third-order valence-electron chi connectivity index (χ3n) is 1.93. The van der Waals surface area contributed by atoms with Crippen LogP contribution in [0.15, 0.2) is 12.2 Å². The Balaban J connectivity index is 4.08. The summed E-state index contributed by atoms with van der Waals surface area (Å²) in [6, 6.07) is -1.28. The summed E-state index contributed by atoms with van der Waals surface area (Å²) in [6.45, 7) is 6.07. The first-order valence-corrected chi connectivity index (χ1v) is 5.35. The van der Waals surface area contributed by atoms with Crippen LogP contribution < -0.4 is 10.6 Å². The summed E-state index contributed by atoms with van der Waals surface area (Å²) in [5, 5.41) is 13.9. The Morgan fingerprint density at radius 2 is 2.00 bits per heavy atom. The van der Waals surface area contributed by atoms with Gasteiger partial charge >= 0.3 is 12.0 Å². The maximum Gasteiger partial charge on any atom is 0.326 e. The predicted octanol–water partition coefficient (Wildman–Crippen LogP) is 1.36. The van der Waals surface area contributed by atoms with Crippen LogP contribution in [0.4, 0.5) is 4.79 Å². The van der Waals surface area contributed by atoms with E-state index < -0.39 is 18.0 Å². The van der Waals surface area contributed by atoms with Gasteiger partial charge < -0.3 is 15.7 Å². The van der Waals surface area contributed by atoms with Crippen molar-refractivity contribution in [3.8, 4) is 0 Å². The third kappa shape index (κ3) is 6.86. The molecule has 0 saturated heterocycles. The molecule has 5 heteroatoms. The average molecular weight is 228 g/mol. The van der Waals surface area contributed by atoms with Crippen molar-refractivity contribution in [2.75, 3.05) is 6.54 Å².